The van der Waals surface area contributed by atoms with E-state index in [1.165, 1.54) is 0 Å². The predicted octanol–water partition coefficient (Wildman–Crippen LogP) is 3.66. The maximum Gasteiger partial charge on any atom is 0.358 e. The van der Waals surface area contributed by atoms with E-state index < -0.39 is 5.97 Å². The van der Waals surface area contributed by atoms with Crippen LogP contribution in [0.4, 0.5) is 0 Å². The molecular formula is C11H7Cl2NO3. The van der Waals surface area contributed by atoms with Gasteiger partial charge >= 0.3 is 5.97 Å². The average Bonchev–Trinajstić information content (AvgIpc) is 2.60. The number of rotatable bonds is 2. The molecule has 0 aliphatic heterocycles. The lowest BCUT2D eigenvalue weighted by atomic mass is 10.1. The van der Waals surface area contributed by atoms with Gasteiger partial charge in [0, 0.05) is 16.1 Å². The van der Waals surface area contributed by atoms with Gasteiger partial charge in [0.05, 0.1) is 5.02 Å². The highest BCUT2D eigenvalue weighted by molar-refractivity contribution is 6.36. The number of benzene rings is 1. The van der Waals surface area contributed by atoms with Crippen LogP contribution in [0.25, 0.3) is 11.3 Å². The van der Waals surface area contributed by atoms with E-state index in [4.69, 9.17) is 32.8 Å². The Balaban J connectivity index is 2.57. The molecule has 6 heteroatoms. The van der Waals surface area contributed by atoms with Crippen LogP contribution in [0.15, 0.2) is 22.7 Å². The molecule has 0 amide bonds. The van der Waals surface area contributed by atoms with Gasteiger partial charge in [-0.05, 0) is 25.1 Å². The molecule has 1 aromatic carbocycles. The maximum atomic E-state index is 10.8. The zero-order valence-electron chi connectivity index (χ0n) is 8.70. The Hall–Kier alpha value is -1.52. The Morgan fingerprint density at radius 2 is 2.12 bits per heavy atom. The van der Waals surface area contributed by atoms with E-state index in [2.05, 4.69) is 5.16 Å². The molecule has 2 aromatic rings. The Morgan fingerprint density at radius 1 is 1.41 bits per heavy atom. The lowest BCUT2D eigenvalue weighted by Crippen LogP contribution is -1.98. The van der Waals surface area contributed by atoms with Gasteiger partial charge in [-0.15, -0.1) is 0 Å². The highest BCUT2D eigenvalue weighted by atomic mass is 35.5. The molecule has 88 valence electrons. The highest BCUT2D eigenvalue weighted by Gasteiger charge is 2.20. The smallest absolute Gasteiger partial charge is 0.358 e. The van der Waals surface area contributed by atoms with Crippen molar-refractivity contribution in [2.45, 2.75) is 6.92 Å². The molecule has 0 bridgehead atoms. The van der Waals surface area contributed by atoms with E-state index in [-0.39, 0.29) is 5.69 Å². The van der Waals surface area contributed by atoms with Gasteiger partial charge in [0.15, 0.2) is 11.5 Å². The van der Waals surface area contributed by atoms with E-state index in [0.29, 0.717) is 26.9 Å². The van der Waals surface area contributed by atoms with Crippen molar-refractivity contribution >= 4 is 29.2 Å². The largest absolute Gasteiger partial charge is 0.476 e. The first-order chi connectivity index (χ1) is 8.00. The van der Waals surface area contributed by atoms with Gasteiger partial charge in [-0.1, -0.05) is 28.4 Å². The quantitative estimate of drug-likeness (QED) is 0.906. The van der Waals surface area contributed by atoms with Crippen LogP contribution in [-0.2, 0) is 0 Å². The van der Waals surface area contributed by atoms with Gasteiger partial charge in [0.1, 0.15) is 0 Å². The molecule has 1 N–H and O–H groups in total. The summed E-state index contributed by atoms with van der Waals surface area (Å²) in [6.07, 6.45) is 0. The molecule has 4 nitrogen and oxygen atoms in total. The third-order valence-corrected chi connectivity index (χ3v) is 2.85. The van der Waals surface area contributed by atoms with Gasteiger partial charge in [0.2, 0.25) is 0 Å². The van der Waals surface area contributed by atoms with Crippen molar-refractivity contribution in [2.24, 2.45) is 0 Å². The summed E-state index contributed by atoms with van der Waals surface area (Å²) in [5.41, 5.74) is 0.876. The number of hydrogen-bond acceptors (Lipinski definition) is 3. The lowest BCUT2D eigenvalue weighted by molar-refractivity contribution is 0.0685. The van der Waals surface area contributed by atoms with Crippen LogP contribution in [0, 0.1) is 6.92 Å². The third-order valence-electron chi connectivity index (χ3n) is 2.30. The SMILES string of the molecule is Cc1c(C(=O)O)noc1-c1ccc(Cl)cc1Cl. The van der Waals surface area contributed by atoms with Crippen molar-refractivity contribution in [3.05, 3.63) is 39.5 Å². The fraction of sp³-hybridized carbons (Fsp3) is 0.0909. The van der Waals surface area contributed by atoms with Crippen LogP contribution < -0.4 is 0 Å². The zero-order valence-corrected chi connectivity index (χ0v) is 10.2. The molecule has 0 radical (unpaired) electrons. The summed E-state index contributed by atoms with van der Waals surface area (Å²) in [4.78, 5) is 10.8. The molecule has 0 aliphatic carbocycles. The average molecular weight is 272 g/mol. The van der Waals surface area contributed by atoms with Gasteiger partial charge in [-0.3, -0.25) is 0 Å². The Bertz CT molecular complexity index is 592. The standard InChI is InChI=1S/C11H7Cl2NO3/c1-5-9(11(15)16)14-17-10(5)7-3-2-6(12)4-8(7)13/h2-4H,1H3,(H,15,16). The summed E-state index contributed by atoms with van der Waals surface area (Å²) in [5.74, 6) is -0.799. The van der Waals surface area contributed by atoms with Crippen molar-refractivity contribution in [3.63, 3.8) is 0 Å². The van der Waals surface area contributed by atoms with Crippen LogP contribution >= 0.6 is 23.2 Å². The van der Waals surface area contributed by atoms with Crippen LogP contribution in [-0.4, -0.2) is 16.2 Å². The lowest BCUT2D eigenvalue weighted by Gasteiger charge is -2.01. The molecule has 1 aromatic heterocycles. The molecular weight excluding hydrogens is 265 g/mol. The topological polar surface area (TPSA) is 63.3 Å². The Kier molecular flexibility index (Phi) is 3.09. The molecule has 0 unspecified atom stereocenters. The maximum absolute atomic E-state index is 10.8. The molecule has 0 saturated carbocycles. The number of halogens is 2. The van der Waals surface area contributed by atoms with Crippen molar-refractivity contribution in [3.8, 4) is 11.3 Å². The van der Waals surface area contributed by atoms with Crippen LogP contribution in [0.1, 0.15) is 16.1 Å². The minimum Gasteiger partial charge on any atom is -0.476 e. The molecule has 1 heterocycles. The van der Waals surface area contributed by atoms with Gasteiger partial charge in [0.25, 0.3) is 0 Å². The first-order valence-electron chi connectivity index (χ1n) is 4.65. The normalized spacial score (nSPS) is 10.5. The van der Waals surface area contributed by atoms with Crippen molar-refractivity contribution in [1.82, 2.24) is 5.16 Å². The van der Waals surface area contributed by atoms with Crippen LogP contribution in [0.3, 0.4) is 0 Å². The molecule has 0 aliphatic rings. The summed E-state index contributed by atoms with van der Waals surface area (Å²) in [5, 5.41) is 13.2. The summed E-state index contributed by atoms with van der Waals surface area (Å²) >= 11 is 11.8. The van der Waals surface area contributed by atoms with E-state index in [1.54, 1.807) is 25.1 Å². The van der Waals surface area contributed by atoms with E-state index in [0.717, 1.165) is 0 Å². The summed E-state index contributed by atoms with van der Waals surface area (Å²) in [6.45, 7) is 1.61. The van der Waals surface area contributed by atoms with Gasteiger partial charge < -0.3 is 9.63 Å². The Morgan fingerprint density at radius 3 is 2.65 bits per heavy atom. The second kappa shape index (κ2) is 4.39. The minimum atomic E-state index is -1.14. The Labute approximate surface area is 107 Å². The molecule has 2 rings (SSSR count). The first kappa shape index (κ1) is 12.0. The predicted molar refractivity (Wildman–Crippen MR) is 63.7 cm³/mol. The molecule has 17 heavy (non-hydrogen) atoms. The van der Waals surface area contributed by atoms with E-state index in [9.17, 15) is 4.79 Å². The number of carboxylic acid groups (broad SMARTS) is 1. The number of hydrogen-bond donors (Lipinski definition) is 1. The second-order valence-electron chi connectivity index (χ2n) is 3.41. The van der Waals surface area contributed by atoms with E-state index in [1.807, 2.05) is 0 Å². The van der Waals surface area contributed by atoms with Gasteiger partial charge in [-0.25, -0.2) is 4.79 Å². The number of aromatic carboxylic acids is 1. The fourth-order valence-corrected chi connectivity index (χ4v) is 1.95. The molecule has 0 saturated heterocycles. The zero-order chi connectivity index (χ0) is 12.6. The minimum absolute atomic E-state index is 0.119. The van der Waals surface area contributed by atoms with Gasteiger partial charge in [-0.2, -0.15) is 0 Å². The molecule has 0 fully saturated rings. The monoisotopic (exact) mass is 271 g/mol. The number of nitrogens with zero attached hydrogens (tertiary/aromatic N) is 1. The highest BCUT2D eigenvalue weighted by Crippen LogP contribution is 2.33. The summed E-state index contributed by atoms with van der Waals surface area (Å²) < 4.78 is 5.01. The van der Waals surface area contributed by atoms with Crippen molar-refractivity contribution in [1.29, 1.82) is 0 Å². The van der Waals surface area contributed by atoms with Crippen molar-refractivity contribution < 1.29 is 14.4 Å². The summed E-state index contributed by atoms with van der Waals surface area (Å²) in [7, 11) is 0. The van der Waals surface area contributed by atoms with Crippen molar-refractivity contribution in [2.75, 3.05) is 0 Å². The molecule has 0 atom stereocenters. The first-order valence-corrected chi connectivity index (χ1v) is 5.41. The summed E-state index contributed by atoms with van der Waals surface area (Å²) in [6, 6.07) is 4.86. The van der Waals surface area contributed by atoms with Crippen LogP contribution in [0.2, 0.25) is 10.0 Å². The van der Waals surface area contributed by atoms with E-state index >= 15 is 0 Å². The number of carbonyl (C=O) groups is 1. The molecule has 0 spiro atoms. The second-order valence-corrected chi connectivity index (χ2v) is 4.26. The number of carboxylic acids is 1. The van der Waals surface area contributed by atoms with Crippen LogP contribution in [0.5, 0.6) is 0 Å². The fourth-order valence-electron chi connectivity index (χ4n) is 1.46. The number of aromatic nitrogens is 1. The third kappa shape index (κ3) is 2.14.